The Kier molecular flexibility index (Phi) is 7.30. The Morgan fingerprint density at radius 1 is 1.19 bits per heavy atom. The Bertz CT molecular complexity index is 858. The van der Waals surface area contributed by atoms with Gasteiger partial charge in [0.25, 0.3) is 5.91 Å². The van der Waals surface area contributed by atoms with Gasteiger partial charge in [-0.2, -0.15) is 5.10 Å². The topological polar surface area (TPSA) is 100 Å². The molecule has 0 saturated heterocycles. The molecule has 0 atom stereocenters. The normalized spacial score (nSPS) is 10.8. The maximum atomic E-state index is 11.8. The van der Waals surface area contributed by atoms with Crippen LogP contribution in [0.3, 0.4) is 0 Å². The first kappa shape index (κ1) is 20.5. The van der Waals surface area contributed by atoms with E-state index in [0.29, 0.717) is 21.5 Å². The number of hydrazone groups is 1. The zero-order valence-corrected chi connectivity index (χ0v) is 18.1. The molecule has 0 saturated carbocycles. The first-order valence-corrected chi connectivity index (χ1v) is 9.39. The van der Waals surface area contributed by atoms with Crippen molar-refractivity contribution in [3.8, 4) is 23.0 Å². The summed E-state index contributed by atoms with van der Waals surface area (Å²) in [5.74, 6) is -0.188. The molecule has 0 spiro atoms. The Hall–Kier alpha value is -1.78. The van der Waals surface area contributed by atoms with Crippen LogP contribution in [0, 0.1) is 0 Å². The van der Waals surface area contributed by atoms with Crippen LogP contribution in [-0.2, 0) is 4.79 Å². The van der Waals surface area contributed by atoms with Crippen LogP contribution in [0.2, 0.25) is 0 Å². The number of halogens is 3. The lowest BCUT2D eigenvalue weighted by Gasteiger charge is -2.10. The number of hydrogen-bond acceptors (Lipinski definition) is 6. The smallest absolute Gasteiger partial charge is 0.277 e. The van der Waals surface area contributed by atoms with Crippen LogP contribution in [0.15, 0.2) is 42.8 Å². The second-order valence-corrected chi connectivity index (χ2v) is 7.34. The van der Waals surface area contributed by atoms with Gasteiger partial charge in [0.05, 0.1) is 17.8 Å². The second kappa shape index (κ2) is 9.24. The molecule has 2 aromatic rings. The van der Waals surface area contributed by atoms with E-state index in [1.165, 1.54) is 19.4 Å². The van der Waals surface area contributed by atoms with Gasteiger partial charge < -0.3 is 19.7 Å². The Balaban J connectivity index is 1.96. The minimum Gasteiger partial charge on any atom is -0.504 e. The summed E-state index contributed by atoms with van der Waals surface area (Å²) in [6.07, 6.45) is 1.31. The van der Waals surface area contributed by atoms with Gasteiger partial charge in [-0.1, -0.05) is 15.9 Å². The molecule has 0 fully saturated rings. The Morgan fingerprint density at radius 2 is 1.92 bits per heavy atom. The van der Waals surface area contributed by atoms with Crippen molar-refractivity contribution in [2.75, 3.05) is 13.7 Å². The average Bonchev–Trinajstić information content (AvgIpc) is 2.62. The van der Waals surface area contributed by atoms with Crippen LogP contribution in [0.1, 0.15) is 5.56 Å². The van der Waals surface area contributed by atoms with Crippen molar-refractivity contribution in [1.82, 2.24) is 5.43 Å². The third-order valence-corrected chi connectivity index (χ3v) is 5.72. The molecular formula is C16H13Br3N2O5. The summed E-state index contributed by atoms with van der Waals surface area (Å²) < 4.78 is 12.1. The molecule has 26 heavy (non-hydrogen) atoms. The second-order valence-electron chi connectivity index (χ2n) is 4.84. The van der Waals surface area contributed by atoms with E-state index in [2.05, 4.69) is 58.3 Å². The lowest BCUT2D eigenvalue weighted by molar-refractivity contribution is -0.123. The van der Waals surface area contributed by atoms with Gasteiger partial charge in [-0.15, -0.1) is 0 Å². The molecule has 0 unspecified atom stereocenters. The van der Waals surface area contributed by atoms with Crippen LogP contribution in [0.25, 0.3) is 0 Å². The van der Waals surface area contributed by atoms with Crippen molar-refractivity contribution in [2.24, 2.45) is 5.10 Å². The number of nitrogens with zero attached hydrogens (tertiary/aromatic N) is 1. The van der Waals surface area contributed by atoms with Crippen LogP contribution in [-0.4, -0.2) is 36.1 Å². The molecular weight excluding hydrogens is 540 g/mol. The van der Waals surface area contributed by atoms with E-state index < -0.39 is 5.91 Å². The molecule has 0 aliphatic carbocycles. The Morgan fingerprint density at radius 3 is 2.62 bits per heavy atom. The number of carbonyl (C=O) groups excluding carboxylic acids is 1. The molecule has 138 valence electrons. The zero-order valence-electron chi connectivity index (χ0n) is 13.3. The monoisotopic (exact) mass is 550 g/mol. The number of hydrogen-bond donors (Lipinski definition) is 3. The predicted molar refractivity (Wildman–Crippen MR) is 107 cm³/mol. The van der Waals surface area contributed by atoms with Crippen molar-refractivity contribution in [3.05, 3.63) is 43.2 Å². The molecule has 7 nitrogen and oxygen atoms in total. The van der Waals surface area contributed by atoms with E-state index in [-0.39, 0.29) is 22.6 Å². The summed E-state index contributed by atoms with van der Waals surface area (Å²) in [6.45, 7) is -0.263. The fourth-order valence-corrected chi connectivity index (χ4v) is 3.00. The third kappa shape index (κ3) is 5.12. The molecule has 0 radical (unpaired) electrons. The number of amides is 1. The van der Waals surface area contributed by atoms with Crippen molar-refractivity contribution in [3.63, 3.8) is 0 Å². The van der Waals surface area contributed by atoms with Crippen LogP contribution < -0.4 is 14.9 Å². The summed E-state index contributed by atoms with van der Waals surface area (Å²) in [4.78, 5) is 11.8. The van der Waals surface area contributed by atoms with Crippen molar-refractivity contribution in [1.29, 1.82) is 0 Å². The first-order chi connectivity index (χ1) is 12.3. The number of rotatable bonds is 6. The number of ether oxygens (including phenoxy) is 2. The molecule has 10 heteroatoms. The average molecular weight is 553 g/mol. The molecule has 1 amide bonds. The lowest BCUT2D eigenvalue weighted by atomic mass is 10.2. The van der Waals surface area contributed by atoms with Gasteiger partial charge in [-0.3, -0.25) is 4.79 Å². The number of aromatic hydroxyl groups is 2. The maximum Gasteiger partial charge on any atom is 0.277 e. The zero-order chi connectivity index (χ0) is 19.3. The van der Waals surface area contributed by atoms with Crippen molar-refractivity contribution in [2.45, 2.75) is 0 Å². The fraction of sp³-hybridized carbons (Fsp3) is 0.125. The molecule has 0 bridgehead atoms. The molecule has 0 aromatic heterocycles. The van der Waals surface area contributed by atoms with E-state index in [1.54, 1.807) is 18.2 Å². The predicted octanol–water partition coefficient (Wildman–Crippen LogP) is 3.92. The summed E-state index contributed by atoms with van der Waals surface area (Å²) in [5, 5.41) is 23.0. The van der Waals surface area contributed by atoms with Gasteiger partial charge in [0.15, 0.2) is 29.6 Å². The standard InChI is InChI=1S/C16H13Br3N2O5/c1-25-12-5-9(17)2-3-11(12)26-7-13(23)21-20-6-8-4-10(22)16(24)15(19)14(8)18/h2-6,22,24H,7H2,1H3,(H,21,23)/b20-6+. The van der Waals surface area contributed by atoms with E-state index >= 15 is 0 Å². The minimum absolute atomic E-state index is 0.263. The largest absolute Gasteiger partial charge is 0.504 e. The summed E-state index contributed by atoms with van der Waals surface area (Å²) in [7, 11) is 1.50. The lowest BCUT2D eigenvalue weighted by Crippen LogP contribution is -2.24. The van der Waals surface area contributed by atoms with Crippen molar-refractivity contribution < 1.29 is 24.5 Å². The van der Waals surface area contributed by atoms with Gasteiger partial charge in [0.1, 0.15) is 0 Å². The van der Waals surface area contributed by atoms with Gasteiger partial charge in [0, 0.05) is 14.5 Å². The number of methoxy groups -OCH3 is 1. The number of phenolic OH excluding ortho intramolecular Hbond substituents is 2. The minimum atomic E-state index is -0.482. The first-order valence-electron chi connectivity index (χ1n) is 7.01. The van der Waals surface area contributed by atoms with E-state index in [0.717, 1.165) is 4.47 Å². The van der Waals surface area contributed by atoms with Crippen LogP contribution >= 0.6 is 47.8 Å². The number of carbonyl (C=O) groups is 1. The number of benzene rings is 2. The maximum absolute atomic E-state index is 11.8. The molecule has 3 N–H and O–H groups in total. The third-order valence-electron chi connectivity index (χ3n) is 3.07. The number of phenols is 2. The fourth-order valence-electron chi connectivity index (χ4n) is 1.83. The van der Waals surface area contributed by atoms with E-state index in [1.807, 2.05) is 0 Å². The quantitative estimate of drug-likeness (QED) is 0.286. The van der Waals surface area contributed by atoms with E-state index in [4.69, 9.17) is 9.47 Å². The van der Waals surface area contributed by atoms with Gasteiger partial charge >= 0.3 is 0 Å². The molecule has 0 heterocycles. The SMILES string of the molecule is COc1cc(Br)ccc1OCC(=O)N/N=C/c1cc(O)c(O)c(Br)c1Br. The van der Waals surface area contributed by atoms with Crippen molar-refractivity contribution >= 4 is 59.9 Å². The molecule has 0 aliphatic rings. The highest BCUT2D eigenvalue weighted by molar-refractivity contribution is 9.13. The highest BCUT2D eigenvalue weighted by Crippen LogP contribution is 2.40. The molecule has 0 aliphatic heterocycles. The number of nitrogens with one attached hydrogen (secondary N) is 1. The van der Waals surface area contributed by atoms with Gasteiger partial charge in [-0.25, -0.2) is 5.43 Å². The summed E-state index contributed by atoms with van der Waals surface area (Å²) >= 11 is 9.70. The molecule has 2 aromatic carbocycles. The summed E-state index contributed by atoms with van der Waals surface area (Å²) in [6, 6.07) is 6.45. The van der Waals surface area contributed by atoms with E-state index in [9.17, 15) is 15.0 Å². The van der Waals surface area contributed by atoms with Crippen LogP contribution in [0.4, 0.5) is 0 Å². The summed E-state index contributed by atoms with van der Waals surface area (Å²) in [5.41, 5.74) is 2.75. The molecule has 2 rings (SSSR count). The highest BCUT2D eigenvalue weighted by atomic mass is 79.9. The van der Waals surface area contributed by atoms with Gasteiger partial charge in [0.2, 0.25) is 0 Å². The Labute approximate surface area is 174 Å². The highest BCUT2D eigenvalue weighted by Gasteiger charge is 2.13. The van der Waals surface area contributed by atoms with Crippen LogP contribution in [0.5, 0.6) is 23.0 Å². The van der Waals surface area contributed by atoms with Gasteiger partial charge in [-0.05, 0) is 56.1 Å².